The Bertz CT molecular complexity index is 1460. The summed E-state index contributed by atoms with van der Waals surface area (Å²) in [7, 11) is 1.22. The number of azide groups is 1. The number of rotatable bonds is 12. The molecular weight excluding hydrogens is 569 g/mol. The summed E-state index contributed by atoms with van der Waals surface area (Å²) in [4.78, 5) is 52.1. The van der Waals surface area contributed by atoms with E-state index < -0.39 is 53.2 Å². The molecule has 0 bridgehead atoms. The third kappa shape index (κ3) is 7.53. The number of aryl methyl sites for hydroxylation is 1. The van der Waals surface area contributed by atoms with Crippen LogP contribution in [0.5, 0.6) is 5.75 Å². The van der Waals surface area contributed by atoms with E-state index >= 15 is 0 Å². The topological polar surface area (TPSA) is 213 Å². The lowest BCUT2D eigenvalue weighted by molar-refractivity contribution is -0.384. The predicted octanol–water partition coefficient (Wildman–Crippen LogP) is 2.83. The highest BCUT2D eigenvalue weighted by Gasteiger charge is 2.39. The van der Waals surface area contributed by atoms with Crippen molar-refractivity contribution in [2.45, 2.75) is 51.6 Å². The fourth-order valence-electron chi connectivity index (χ4n) is 3.82. The molecule has 0 saturated carbocycles. The van der Waals surface area contributed by atoms with Gasteiger partial charge in [-0.3, -0.25) is 29.3 Å². The lowest BCUT2D eigenvalue weighted by Gasteiger charge is -2.30. The van der Waals surface area contributed by atoms with Gasteiger partial charge in [0.1, 0.15) is 18.0 Å². The molecule has 2 aromatic rings. The van der Waals surface area contributed by atoms with Crippen molar-refractivity contribution in [3.05, 3.63) is 77.4 Å². The molecule has 40 heavy (non-hydrogen) atoms. The first-order valence-corrected chi connectivity index (χ1v) is 14.6. The molecule has 1 aromatic carbocycles. The Balaban J connectivity index is 1.88. The highest BCUT2D eigenvalue weighted by Crippen LogP contribution is 2.47. The third-order valence-electron chi connectivity index (χ3n) is 5.96. The van der Waals surface area contributed by atoms with Crippen molar-refractivity contribution in [2.75, 3.05) is 13.7 Å². The summed E-state index contributed by atoms with van der Waals surface area (Å²) in [5.41, 5.74) is 7.96. The minimum atomic E-state index is -3.59. The van der Waals surface area contributed by atoms with E-state index in [4.69, 9.17) is 35.9 Å². The quantitative estimate of drug-likeness (QED) is 0.0690. The number of nitrogens with one attached hydrogen (secondary N) is 2. The maximum Gasteiger partial charge on any atom is 0.330 e. The lowest BCUT2D eigenvalue weighted by atomic mass is 10.1. The normalized spacial score (nSPS) is 20.8. The average molecular weight is 598 g/mol. The summed E-state index contributed by atoms with van der Waals surface area (Å²) < 4.78 is 24.0. The molecular formula is C22H28N7O9PS. The molecule has 3 rings (SSSR count). The summed E-state index contributed by atoms with van der Waals surface area (Å²) in [5, 5.41) is 17.7. The van der Waals surface area contributed by atoms with Gasteiger partial charge in [-0.2, -0.15) is 0 Å². The summed E-state index contributed by atoms with van der Waals surface area (Å²) in [6, 6.07) is 3.41. The van der Waals surface area contributed by atoms with Crippen LogP contribution in [0.1, 0.15) is 32.1 Å². The smallest absolute Gasteiger partial charge is 0.330 e. The molecule has 2 N–H and O–H groups in total. The fourth-order valence-corrected chi connectivity index (χ4v) is 6.27. The van der Waals surface area contributed by atoms with E-state index in [1.54, 1.807) is 13.8 Å². The number of hydrogen-bond donors (Lipinski definition) is 2. The van der Waals surface area contributed by atoms with Crippen molar-refractivity contribution in [1.82, 2.24) is 14.6 Å². The van der Waals surface area contributed by atoms with Crippen LogP contribution in [0.2, 0.25) is 0 Å². The van der Waals surface area contributed by atoms with Gasteiger partial charge < -0.3 is 18.5 Å². The van der Waals surface area contributed by atoms with Crippen LogP contribution >= 0.6 is 6.64 Å². The van der Waals surface area contributed by atoms with E-state index in [2.05, 4.69) is 20.1 Å². The molecule has 1 aromatic heterocycles. The number of carbonyl (C=O) groups is 1. The number of nitro groups is 1. The number of esters is 1. The minimum absolute atomic E-state index is 0.0970. The molecule has 0 radical (unpaired) electrons. The molecule has 1 aliphatic rings. The molecule has 216 valence electrons. The van der Waals surface area contributed by atoms with E-state index in [1.807, 2.05) is 0 Å². The van der Waals surface area contributed by atoms with Crippen LogP contribution in [0.4, 0.5) is 5.69 Å². The Labute approximate surface area is 232 Å². The number of non-ortho nitro benzene ring substituents is 1. The second-order valence-corrected chi connectivity index (χ2v) is 12.3. The molecule has 5 atom stereocenters. The van der Waals surface area contributed by atoms with Crippen LogP contribution in [-0.4, -0.2) is 52.3 Å². The van der Waals surface area contributed by atoms with Crippen molar-refractivity contribution >= 4 is 30.1 Å². The number of methoxy groups -OCH3 is 1. The first-order chi connectivity index (χ1) is 18.9. The number of aromatic amines is 1. The van der Waals surface area contributed by atoms with Crippen LogP contribution < -0.4 is 20.9 Å². The summed E-state index contributed by atoms with van der Waals surface area (Å²) >= 11 is 5.70. The lowest BCUT2D eigenvalue weighted by Crippen LogP contribution is -2.41. The molecule has 0 spiro atoms. The second kappa shape index (κ2) is 13.2. The first kappa shape index (κ1) is 30.9. The van der Waals surface area contributed by atoms with Gasteiger partial charge in [0.25, 0.3) is 11.2 Å². The summed E-state index contributed by atoms with van der Waals surface area (Å²) in [5.74, 6) is -0.768. The van der Waals surface area contributed by atoms with E-state index in [0.717, 1.165) is 0 Å². The Kier molecular flexibility index (Phi) is 10.2. The molecule has 2 heterocycles. The van der Waals surface area contributed by atoms with Crippen LogP contribution in [0.15, 0.2) is 45.2 Å². The van der Waals surface area contributed by atoms with Gasteiger partial charge in [-0.05, 0) is 42.3 Å². The second-order valence-electron chi connectivity index (χ2n) is 9.13. The largest absolute Gasteiger partial charge is 0.468 e. The van der Waals surface area contributed by atoms with Crippen LogP contribution in [0.3, 0.4) is 0 Å². The Morgan fingerprint density at radius 2 is 2.08 bits per heavy atom. The number of benzene rings is 1. The Morgan fingerprint density at radius 1 is 1.40 bits per heavy atom. The molecule has 2 unspecified atom stereocenters. The van der Waals surface area contributed by atoms with Gasteiger partial charge in [-0.15, -0.1) is 0 Å². The minimum Gasteiger partial charge on any atom is -0.468 e. The van der Waals surface area contributed by atoms with Crippen LogP contribution in [0.25, 0.3) is 10.4 Å². The van der Waals surface area contributed by atoms with Crippen LogP contribution in [0, 0.1) is 23.0 Å². The summed E-state index contributed by atoms with van der Waals surface area (Å²) in [6.07, 6.45) is -0.331. The number of nitrogens with zero attached hydrogens (tertiary/aromatic N) is 5. The van der Waals surface area contributed by atoms with Gasteiger partial charge in [0.2, 0.25) is 0 Å². The number of hydrogen-bond acceptors (Lipinski definition) is 11. The molecule has 0 amide bonds. The number of ether oxygens (including phenoxy) is 2. The monoisotopic (exact) mass is 597 g/mol. The van der Waals surface area contributed by atoms with Gasteiger partial charge in [0.05, 0.1) is 30.8 Å². The van der Waals surface area contributed by atoms with Gasteiger partial charge in [-0.25, -0.2) is 9.88 Å². The zero-order chi connectivity index (χ0) is 29.6. The highest BCUT2D eigenvalue weighted by atomic mass is 32.5. The number of aromatic nitrogens is 2. The Morgan fingerprint density at radius 3 is 2.65 bits per heavy atom. The zero-order valence-electron chi connectivity index (χ0n) is 22.0. The molecule has 18 heteroatoms. The third-order valence-corrected chi connectivity index (χ3v) is 8.35. The first-order valence-electron chi connectivity index (χ1n) is 11.9. The highest BCUT2D eigenvalue weighted by molar-refractivity contribution is 8.09. The predicted molar refractivity (Wildman–Crippen MR) is 145 cm³/mol. The van der Waals surface area contributed by atoms with Crippen molar-refractivity contribution < 1.29 is 28.2 Å². The average Bonchev–Trinajstić information content (AvgIpc) is 3.30. The van der Waals surface area contributed by atoms with Crippen molar-refractivity contribution in [3.8, 4) is 5.75 Å². The molecule has 1 fully saturated rings. The number of nitro benzene ring substituents is 1. The molecule has 0 aliphatic carbocycles. The van der Waals surface area contributed by atoms with Crippen LogP contribution in [-0.2, 0) is 30.6 Å². The van der Waals surface area contributed by atoms with Gasteiger partial charge in [0, 0.05) is 35.2 Å². The number of carbonyl (C=O) groups excluding carboxylic acids is 1. The molecule has 1 saturated heterocycles. The SMILES string of the molecule is COC(=O)C(NP(=S)(OC[C@H]1O[C@@H](n2cc(C)c(=O)[nH]c2=O)C[C@@H]1N=[N+]=[N-])Oc1ccc([N+](=O)[O-])cc1)C(C)C. The summed E-state index contributed by atoms with van der Waals surface area (Å²) in [6.45, 7) is 1.17. The Hall–Kier alpha value is -3.59. The van der Waals surface area contributed by atoms with Gasteiger partial charge in [0.15, 0.2) is 0 Å². The maximum atomic E-state index is 12.4. The molecule has 1 aliphatic heterocycles. The van der Waals surface area contributed by atoms with Crippen molar-refractivity contribution in [1.29, 1.82) is 0 Å². The van der Waals surface area contributed by atoms with E-state index in [-0.39, 0.29) is 35.9 Å². The van der Waals surface area contributed by atoms with Gasteiger partial charge >= 0.3 is 18.3 Å². The van der Waals surface area contributed by atoms with E-state index in [0.29, 0.717) is 0 Å². The van der Waals surface area contributed by atoms with Crippen molar-refractivity contribution in [3.63, 3.8) is 0 Å². The fraction of sp³-hybridized carbons (Fsp3) is 0.500. The van der Waals surface area contributed by atoms with Crippen molar-refractivity contribution in [2.24, 2.45) is 11.0 Å². The molecule has 16 nitrogen and oxygen atoms in total. The van der Waals surface area contributed by atoms with E-state index in [9.17, 15) is 24.5 Å². The number of H-pyrrole nitrogens is 1. The van der Waals surface area contributed by atoms with E-state index in [1.165, 1.54) is 49.1 Å². The maximum absolute atomic E-state index is 12.4. The zero-order valence-corrected chi connectivity index (χ0v) is 23.7. The van der Waals surface area contributed by atoms with Gasteiger partial charge in [-0.1, -0.05) is 19.0 Å². The standard InChI is InChI=1S/C22H28N7O9PS/c1-12(2)19(21(31)35-4)26-39(40,38-15-7-5-14(6-8-15)29(33)34)36-11-17-16(25-27-23)9-18(37-17)28-10-13(3)20(30)24-22(28)32/h5-8,10,12,16-19H,9,11H2,1-4H3,(H,26,40)(H,24,30,32)/t16-,17+,18+,19?,39?/m0/s1.